The molecule has 0 saturated carbocycles. The van der Waals surface area contributed by atoms with Crippen molar-refractivity contribution >= 4 is 17.4 Å². The number of unbranched alkanes of at least 4 members (excludes halogenated alkanes) is 1. The van der Waals surface area contributed by atoms with E-state index in [0.29, 0.717) is 12.3 Å². The second-order valence-electron chi connectivity index (χ2n) is 3.73. The molecule has 0 fully saturated rings. The minimum Gasteiger partial charge on any atom is -0.295 e. The van der Waals surface area contributed by atoms with Crippen LogP contribution in [0.25, 0.3) is 0 Å². The van der Waals surface area contributed by atoms with Gasteiger partial charge in [0.15, 0.2) is 5.78 Å². The summed E-state index contributed by atoms with van der Waals surface area (Å²) in [5, 5.41) is 0.0500. The lowest BCUT2D eigenvalue weighted by molar-refractivity contribution is -0.114. The van der Waals surface area contributed by atoms with Crippen molar-refractivity contribution in [2.75, 3.05) is 0 Å². The molecule has 1 aliphatic carbocycles. The fraction of sp³-hybridized carbons (Fsp3) is 0.727. The monoisotopic (exact) mass is 200 g/mol. The quantitative estimate of drug-likeness (QED) is 0.639. The zero-order valence-corrected chi connectivity index (χ0v) is 8.89. The standard InChI is InChI=1S/C11H17ClO/c1-2-3-5-9-6-4-7-10(13)8-11(9)12/h4,7,9,11H,2-3,5-6,8H2,1H3. The van der Waals surface area contributed by atoms with E-state index in [1.807, 2.05) is 6.08 Å². The minimum absolute atomic E-state index is 0.0500. The Kier molecular flexibility index (Phi) is 4.51. The highest BCUT2D eigenvalue weighted by Gasteiger charge is 2.21. The molecule has 1 nitrogen and oxygen atoms in total. The average molecular weight is 201 g/mol. The highest BCUT2D eigenvalue weighted by atomic mass is 35.5. The van der Waals surface area contributed by atoms with E-state index in [4.69, 9.17) is 11.6 Å². The van der Waals surface area contributed by atoms with E-state index in [0.717, 1.165) is 12.8 Å². The van der Waals surface area contributed by atoms with Crippen LogP contribution in [0.15, 0.2) is 12.2 Å². The Morgan fingerprint density at radius 3 is 3.08 bits per heavy atom. The highest BCUT2D eigenvalue weighted by molar-refractivity contribution is 6.22. The van der Waals surface area contributed by atoms with Crippen molar-refractivity contribution in [2.45, 2.75) is 44.4 Å². The third kappa shape index (κ3) is 3.51. The Morgan fingerprint density at radius 1 is 1.62 bits per heavy atom. The topological polar surface area (TPSA) is 17.1 Å². The first-order valence-electron chi connectivity index (χ1n) is 5.07. The molecule has 1 rings (SSSR count). The molecule has 2 unspecified atom stereocenters. The number of allylic oxidation sites excluding steroid dienone is 2. The molecule has 0 bridgehead atoms. The van der Waals surface area contributed by atoms with Gasteiger partial charge in [0.25, 0.3) is 0 Å². The number of alkyl halides is 1. The maximum absolute atomic E-state index is 11.1. The number of halogens is 1. The van der Waals surface area contributed by atoms with Crippen LogP contribution >= 0.6 is 11.6 Å². The third-order valence-corrected chi connectivity index (χ3v) is 3.09. The number of carbonyl (C=O) groups is 1. The van der Waals surface area contributed by atoms with Gasteiger partial charge in [-0.25, -0.2) is 0 Å². The first-order valence-corrected chi connectivity index (χ1v) is 5.51. The lowest BCUT2D eigenvalue weighted by atomic mass is 9.94. The fourth-order valence-corrected chi connectivity index (χ4v) is 2.09. The van der Waals surface area contributed by atoms with E-state index in [1.54, 1.807) is 6.08 Å². The van der Waals surface area contributed by atoms with E-state index in [9.17, 15) is 4.79 Å². The lowest BCUT2D eigenvalue weighted by Crippen LogP contribution is -2.15. The number of carbonyl (C=O) groups excluding carboxylic acids is 1. The first-order chi connectivity index (χ1) is 6.24. The van der Waals surface area contributed by atoms with Crippen LogP contribution < -0.4 is 0 Å². The van der Waals surface area contributed by atoms with Crippen molar-refractivity contribution in [2.24, 2.45) is 5.92 Å². The summed E-state index contributed by atoms with van der Waals surface area (Å²) in [4.78, 5) is 11.1. The summed E-state index contributed by atoms with van der Waals surface area (Å²) in [6, 6.07) is 0. The highest BCUT2D eigenvalue weighted by Crippen LogP contribution is 2.26. The SMILES string of the molecule is CCCCC1CC=CC(=O)CC1Cl. The van der Waals surface area contributed by atoms with Crippen LogP contribution in [0, 0.1) is 5.92 Å². The molecule has 1 aliphatic rings. The molecule has 2 heteroatoms. The molecular weight excluding hydrogens is 184 g/mol. The number of hydrogen-bond acceptors (Lipinski definition) is 1. The van der Waals surface area contributed by atoms with Crippen LogP contribution in [0.5, 0.6) is 0 Å². The normalized spacial score (nSPS) is 28.9. The zero-order valence-electron chi connectivity index (χ0n) is 8.13. The van der Waals surface area contributed by atoms with Crippen molar-refractivity contribution in [3.8, 4) is 0 Å². The summed E-state index contributed by atoms with van der Waals surface area (Å²) in [7, 11) is 0. The second-order valence-corrected chi connectivity index (χ2v) is 4.29. The maximum atomic E-state index is 11.1. The summed E-state index contributed by atoms with van der Waals surface area (Å²) in [5.74, 6) is 0.684. The van der Waals surface area contributed by atoms with Crippen LogP contribution in [-0.4, -0.2) is 11.2 Å². The third-order valence-electron chi connectivity index (χ3n) is 2.58. The van der Waals surface area contributed by atoms with Crippen LogP contribution in [0.1, 0.15) is 39.0 Å². The molecule has 0 radical (unpaired) electrons. The Hall–Kier alpha value is -0.300. The molecule has 13 heavy (non-hydrogen) atoms. The number of ketones is 1. The molecular formula is C11H17ClO. The molecule has 0 aromatic carbocycles. The molecule has 0 spiro atoms. The second kappa shape index (κ2) is 5.43. The minimum atomic E-state index is 0.0500. The van der Waals surface area contributed by atoms with Gasteiger partial charge in [0.2, 0.25) is 0 Å². The Morgan fingerprint density at radius 2 is 2.38 bits per heavy atom. The molecule has 0 heterocycles. The predicted molar refractivity (Wildman–Crippen MR) is 56.0 cm³/mol. The summed E-state index contributed by atoms with van der Waals surface area (Å²) >= 11 is 6.16. The van der Waals surface area contributed by atoms with E-state index in [1.165, 1.54) is 12.8 Å². The molecule has 0 amide bonds. The van der Waals surface area contributed by atoms with Crippen molar-refractivity contribution < 1.29 is 4.79 Å². The van der Waals surface area contributed by atoms with Gasteiger partial charge >= 0.3 is 0 Å². The molecule has 0 aromatic rings. The zero-order chi connectivity index (χ0) is 9.68. The molecule has 0 saturated heterocycles. The van der Waals surface area contributed by atoms with Crippen LogP contribution in [-0.2, 0) is 4.79 Å². The predicted octanol–water partition coefficient (Wildman–Crippen LogP) is 3.32. The smallest absolute Gasteiger partial charge is 0.156 e. The van der Waals surface area contributed by atoms with Crippen molar-refractivity contribution in [3.05, 3.63) is 12.2 Å². The molecule has 2 atom stereocenters. The van der Waals surface area contributed by atoms with Crippen LogP contribution in [0.4, 0.5) is 0 Å². The van der Waals surface area contributed by atoms with E-state index < -0.39 is 0 Å². The largest absolute Gasteiger partial charge is 0.295 e. The van der Waals surface area contributed by atoms with Gasteiger partial charge in [-0.1, -0.05) is 25.8 Å². The summed E-state index contributed by atoms with van der Waals surface area (Å²) in [6.07, 6.45) is 8.73. The Bertz CT molecular complexity index is 198. The van der Waals surface area contributed by atoms with Crippen molar-refractivity contribution in [3.63, 3.8) is 0 Å². The van der Waals surface area contributed by atoms with Gasteiger partial charge in [0, 0.05) is 11.8 Å². The molecule has 0 N–H and O–H groups in total. The lowest BCUT2D eigenvalue weighted by Gasteiger charge is -2.17. The van der Waals surface area contributed by atoms with Gasteiger partial charge in [-0.05, 0) is 24.8 Å². The van der Waals surface area contributed by atoms with Crippen LogP contribution in [0.2, 0.25) is 0 Å². The number of hydrogen-bond donors (Lipinski definition) is 0. The maximum Gasteiger partial charge on any atom is 0.156 e. The molecule has 74 valence electrons. The first kappa shape index (κ1) is 10.8. The molecule has 0 aliphatic heterocycles. The fourth-order valence-electron chi connectivity index (χ4n) is 1.71. The molecule has 0 aromatic heterocycles. The Balaban J connectivity index is 2.44. The summed E-state index contributed by atoms with van der Waals surface area (Å²) in [5.41, 5.74) is 0. The van der Waals surface area contributed by atoms with Crippen molar-refractivity contribution in [1.29, 1.82) is 0 Å². The van der Waals surface area contributed by atoms with Gasteiger partial charge in [0.05, 0.1) is 0 Å². The average Bonchev–Trinajstić information content (AvgIpc) is 2.24. The van der Waals surface area contributed by atoms with Gasteiger partial charge in [-0.15, -0.1) is 11.6 Å². The summed E-state index contributed by atoms with van der Waals surface area (Å²) < 4.78 is 0. The summed E-state index contributed by atoms with van der Waals surface area (Å²) in [6.45, 7) is 2.18. The van der Waals surface area contributed by atoms with Gasteiger partial charge in [-0.3, -0.25) is 4.79 Å². The van der Waals surface area contributed by atoms with E-state index >= 15 is 0 Å². The number of rotatable bonds is 3. The Labute approximate surface area is 85.2 Å². The van der Waals surface area contributed by atoms with Crippen LogP contribution in [0.3, 0.4) is 0 Å². The van der Waals surface area contributed by atoms with Crippen molar-refractivity contribution in [1.82, 2.24) is 0 Å². The van der Waals surface area contributed by atoms with Gasteiger partial charge < -0.3 is 0 Å². The van der Waals surface area contributed by atoms with E-state index in [-0.39, 0.29) is 11.2 Å². The van der Waals surface area contributed by atoms with Gasteiger partial charge in [0.1, 0.15) is 0 Å². The van der Waals surface area contributed by atoms with E-state index in [2.05, 4.69) is 6.92 Å². The van der Waals surface area contributed by atoms with Gasteiger partial charge in [-0.2, -0.15) is 0 Å².